The molecule has 3 aromatic carbocycles. The summed E-state index contributed by atoms with van der Waals surface area (Å²) >= 11 is 9.71. The highest BCUT2D eigenvalue weighted by molar-refractivity contribution is 9.10. The molecule has 0 aliphatic rings. The molecule has 0 saturated carbocycles. The van der Waals surface area contributed by atoms with Crippen molar-refractivity contribution < 1.29 is 14.3 Å². The lowest BCUT2D eigenvalue weighted by atomic mass is 10.1. The van der Waals surface area contributed by atoms with Crippen LogP contribution in [-0.2, 0) is 17.8 Å². The number of halogens is 2. The number of hydrogen-bond acceptors (Lipinski definition) is 4. The predicted molar refractivity (Wildman–Crippen MR) is 127 cm³/mol. The van der Waals surface area contributed by atoms with Crippen LogP contribution in [0.4, 0.5) is 0 Å². The number of hydrazone groups is 1. The van der Waals surface area contributed by atoms with Gasteiger partial charge in [0.05, 0.1) is 17.8 Å². The third kappa shape index (κ3) is 6.84. The fraction of sp³-hybridized carbons (Fsp3) is 0.167. The van der Waals surface area contributed by atoms with Crippen LogP contribution in [-0.4, -0.2) is 19.2 Å². The van der Waals surface area contributed by atoms with Crippen molar-refractivity contribution in [3.63, 3.8) is 0 Å². The standard InChI is InChI=1S/C24H22BrClN2O3/c1-30-22-14-18(15-27-28-23(29)12-11-17-7-3-2-4-8-17)13-20(25)24(22)31-16-19-9-5-6-10-21(19)26/h2-10,13-15H,11-12,16H2,1H3,(H,28,29)/b27-15-. The monoisotopic (exact) mass is 500 g/mol. The van der Waals surface area contributed by atoms with Crippen LogP contribution in [0.5, 0.6) is 11.5 Å². The van der Waals surface area contributed by atoms with Crippen molar-refractivity contribution in [1.29, 1.82) is 0 Å². The van der Waals surface area contributed by atoms with E-state index in [1.807, 2.05) is 60.7 Å². The zero-order chi connectivity index (χ0) is 22.1. The Morgan fingerprint density at radius 3 is 2.61 bits per heavy atom. The summed E-state index contributed by atoms with van der Waals surface area (Å²) in [7, 11) is 1.57. The van der Waals surface area contributed by atoms with Crippen LogP contribution in [0.25, 0.3) is 0 Å². The molecular formula is C24H22BrClN2O3. The van der Waals surface area contributed by atoms with Crippen LogP contribution in [0.2, 0.25) is 5.02 Å². The van der Waals surface area contributed by atoms with Crippen molar-refractivity contribution in [3.8, 4) is 11.5 Å². The molecule has 1 amide bonds. The van der Waals surface area contributed by atoms with Crippen LogP contribution in [0.1, 0.15) is 23.1 Å². The van der Waals surface area contributed by atoms with Crippen molar-refractivity contribution in [2.24, 2.45) is 5.10 Å². The van der Waals surface area contributed by atoms with Crippen molar-refractivity contribution >= 4 is 39.7 Å². The Labute approximate surface area is 195 Å². The molecule has 3 rings (SSSR count). The summed E-state index contributed by atoms with van der Waals surface area (Å²) in [5.74, 6) is 0.954. The minimum absolute atomic E-state index is 0.147. The fourth-order valence-corrected chi connectivity index (χ4v) is 3.62. The number of nitrogens with zero attached hydrogens (tertiary/aromatic N) is 1. The molecule has 160 valence electrons. The average molecular weight is 502 g/mol. The Morgan fingerprint density at radius 1 is 1.13 bits per heavy atom. The molecule has 31 heavy (non-hydrogen) atoms. The summed E-state index contributed by atoms with van der Waals surface area (Å²) in [6.45, 7) is 0.305. The molecule has 1 N–H and O–H groups in total. The lowest BCUT2D eigenvalue weighted by Gasteiger charge is -2.14. The van der Waals surface area contributed by atoms with Gasteiger partial charge in [-0.3, -0.25) is 4.79 Å². The van der Waals surface area contributed by atoms with E-state index in [0.29, 0.717) is 40.4 Å². The number of nitrogens with one attached hydrogen (secondary N) is 1. The molecule has 0 aliphatic carbocycles. The van der Waals surface area contributed by atoms with E-state index in [1.54, 1.807) is 19.4 Å². The van der Waals surface area contributed by atoms with E-state index in [1.165, 1.54) is 0 Å². The molecule has 3 aromatic rings. The zero-order valence-corrected chi connectivity index (χ0v) is 19.3. The Kier molecular flexibility index (Phi) is 8.50. The van der Waals surface area contributed by atoms with Crippen LogP contribution >= 0.6 is 27.5 Å². The summed E-state index contributed by atoms with van der Waals surface area (Å²) in [4.78, 5) is 12.0. The zero-order valence-electron chi connectivity index (χ0n) is 17.0. The molecule has 5 nitrogen and oxygen atoms in total. The van der Waals surface area contributed by atoms with Gasteiger partial charge >= 0.3 is 0 Å². The van der Waals surface area contributed by atoms with Gasteiger partial charge < -0.3 is 9.47 Å². The number of ether oxygens (including phenoxy) is 2. The van der Waals surface area contributed by atoms with Crippen LogP contribution in [0, 0.1) is 0 Å². The largest absolute Gasteiger partial charge is 0.493 e. The number of methoxy groups -OCH3 is 1. The lowest BCUT2D eigenvalue weighted by molar-refractivity contribution is -0.121. The maximum Gasteiger partial charge on any atom is 0.240 e. The second-order valence-electron chi connectivity index (χ2n) is 6.69. The average Bonchev–Trinajstić information content (AvgIpc) is 2.78. The Balaban J connectivity index is 1.59. The fourth-order valence-electron chi connectivity index (χ4n) is 2.86. The van der Waals surface area contributed by atoms with E-state index in [4.69, 9.17) is 21.1 Å². The van der Waals surface area contributed by atoms with Crippen molar-refractivity contribution in [1.82, 2.24) is 5.43 Å². The molecule has 0 bridgehead atoms. The van der Waals surface area contributed by atoms with Crippen molar-refractivity contribution in [2.75, 3.05) is 7.11 Å². The molecule has 0 heterocycles. The van der Waals surface area contributed by atoms with Crippen molar-refractivity contribution in [3.05, 3.63) is 92.9 Å². The number of benzene rings is 3. The molecular weight excluding hydrogens is 480 g/mol. The van der Waals surface area contributed by atoms with Gasteiger partial charge in [-0.05, 0) is 51.7 Å². The normalized spacial score (nSPS) is 10.8. The lowest BCUT2D eigenvalue weighted by Crippen LogP contribution is -2.17. The molecule has 7 heteroatoms. The highest BCUT2D eigenvalue weighted by atomic mass is 79.9. The summed E-state index contributed by atoms with van der Waals surface area (Å²) < 4.78 is 12.1. The van der Waals surface area contributed by atoms with E-state index in [-0.39, 0.29) is 5.91 Å². The van der Waals surface area contributed by atoms with E-state index < -0.39 is 0 Å². The number of carbonyl (C=O) groups is 1. The van der Waals surface area contributed by atoms with Crippen LogP contribution < -0.4 is 14.9 Å². The smallest absolute Gasteiger partial charge is 0.240 e. The maximum absolute atomic E-state index is 12.0. The first-order valence-corrected chi connectivity index (χ1v) is 10.8. The van der Waals surface area contributed by atoms with E-state index in [2.05, 4.69) is 26.5 Å². The van der Waals surface area contributed by atoms with Crippen LogP contribution in [0.15, 0.2) is 76.3 Å². The third-order valence-electron chi connectivity index (χ3n) is 4.47. The highest BCUT2D eigenvalue weighted by Crippen LogP contribution is 2.37. The van der Waals surface area contributed by atoms with E-state index in [0.717, 1.165) is 16.7 Å². The molecule has 0 saturated heterocycles. The molecule has 0 aliphatic heterocycles. The Bertz CT molecular complexity index is 1060. The predicted octanol–water partition coefficient (Wildman–Crippen LogP) is 5.77. The summed E-state index contributed by atoms with van der Waals surface area (Å²) in [6.07, 6.45) is 2.59. The summed E-state index contributed by atoms with van der Waals surface area (Å²) in [6, 6.07) is 21.0. The first-order chi connectivity index (χ1) is 15.1. The molecule has 0 aromatic heterocycles. The number of rotatable bonds is 9. The van der Waals surface area contributed by atoms with Gasteiger partial charge in [0.25, 0.3) is 0 Å². The second-order valence-corrected chi connectivity index (χ2v) is 7.95. The minimum atomic E-state index is -0.147. The molecule has 0 radical (unpaired) electrons. The SMILES string of the molecule is COc1cc(/C=N\NC(=O)CCc2ccccc2)cc(Br)c1OCc1ccccc1Cl. The van der Waals surface area contributed by atoms with Gasteiger partial charge in [-0.15, -0.1) is 0 Å². The molecule has 0 atom stereocenters. The first kappa shape index (κ1) is 22.8. The Hall–Kier alpha value is -2.83. The number of amides is 1. The van der Waals surface area contributed by atoms with E-state index >= 15 is 0 Å². The van der Waals surface area contributed by atoms with Gasteiger partial charge in [0, 0.05) is 17.0 Å². The van der Waals surface area contributed by atoms with Crippen LogP contribution in [0.3, 0.4) is 0 Å². The van der Waals surface area contributed by atoms with Gasteiger partial charge in [-0.25, -0.2) is 5.43 Å². The number of carbonyl (C=O) groups excluding carboxylic acids is 1. The summed E-state index contributed by atoms with van der Waals surface area (Å²) in [5.41, 5.74) is 5.29. The van der Waals surface area contributed by atoms with Gasteiger partial charge in [-0.1, -0.05) is 60.1 Å². The number of hydrogen-bond donors (Lipinski definition) is 1. The molecule has 0 spiro atoms. The highest BCUT2D eigenvalue weighted by Gasteiger charge is 2.12. The minimum Gasteiger partial charge on any atom is -0.493 e. The van der Waals surface area contributed by atoms with Gasteiger partial charge in [0.15, 0.2) is 11.5 Å². The van der Waals surface area contributed by atoms with E-state index in [9.17, 15) is 4.79 Å². The third-order valence-corrected chi connectivity index (χ3v) is 5.43. The van der Waals surface area contributed by atoms with Gasteiger partial charge in [0.2, 0.25) is 5.91 Å². The maximum atomic E-state index is 12.0. The number of aryl methyl sites for hydroxylation is 1. The topological polar surface area (TPSA) is 59.9 Å². The quantitative estimate of drug-likeness (QED) is 0.299. The molecule has 0 fully saturated rings. The Morgan fingerprint density at radius 2 is 1.87 bits per heavy atom. The van der Waals surface area contributed by atoms with Gasteiger partial charge in [0.1, 0.15) is 6.61 Å². The van der Waals surface area contributed by atoms with Crippen molar-refractivity contribution in [2.45, 2.75) is 19.4 Å². The molecule has 0 unspecified atom stereocenters. The summed E-state index contributed by atoms with van der Waals surface area (Å²) in [5, 5.41) is 4.69. The van der Waals surface area contributed by atoms with Gasteiger partial charge in [-0.2, -0.15) is 5.10 Å². The second kappa shape index (κ2) is 11.5. The first-order valence-electron chi connectivity index (χ1n) is 9.66.